The average molecular weight is 388 g/mol. The Morgan fingerprint density at radius 1 is 1.14 bits per heavy atom. The van der Waals surface area contributed by atoms with Gasteiger partial charge in [-0.3, -0.25) is 4.99 Å². The molecule has 0 atom stereocenters. The smallest absolute Gasteiger partial charge is 0.124 e. The molecule has 2 rings (SSSR count). The van der Waals surface area contributed by atoms with Gasteiger partial charge in [-0.25, -0.2) is 0 Å². The zero-order valence-electron chi connectivity index (χ0n) is 17.7. The second-order valence-corrected chi connectivity index (χ2v) is 7.88. The summed E-state index contributed by atoms with van der Waals surface area (Å²) in [5, 5.41) is 9.65. The molecule has 0 spiro atoms. The van der Waals surface area contributed by atoms with Gasteiger partial charge in [-0.15, -0.1) is 0 Å². The van der Waals surface area contributed by atoms with Crippen LogP contribution in [0.3, 0.4) is 0 Å². The van der Waals surface area contributed by atoms with Crippen molar-refractivity contribution in [1.29, 1.82) is 0 Å². The summed E-state index contributed by atoms with van der Waals surface area (Å²) < 4.78 is 11.7. The molecule has 0 radical (unpaired) electrons. The molecule has 0 aromatic rings. The fraction of sp³-hybridized carbons (Fsp3) is 0.625. The number of unbranched alkanes of at least 4 members (excludes halogenated alkanes) is 4. The van der Waals surface area contributed by atoms with E-state index >= 15 is 0 Å². The third kappa shape index (κ3) is 7.31. The largest absolute Gasteiger partial charge is 0.510 e. The predicted octanol–water partition coefficient (Wildman–Crippen LogP) is 6.22. The van der Waals surface area contributed by atoms with Crippen LogP contribution in [0.15, 0.2) is 52.5 Å². The first-order chi connectivity index (χ1) is 13.5. The Hall–Kier alpha value is -1.81. The lowest BCUT2D eigenvalue weighted by atomic mass is 9.79. The van der Waals surface area contributed by atoms with Crippen LogP contribution in [0.2, 0.25) is 0 Å². The van der Waals surface area contributed by atoms with Crippen molar-refractivity contribution in [3.63, 3.8) is 0 Å². The summed E-state index contributed by atoms with van der Waals surface area (Å²) in [5.41, 5.74) is 2.19. The normalized spacial score (nSPS) is 18.7. The van der Waals surface area contributed by atoms with Crippen molar-refractivity contribution < 1.29 is 14.6 Å². The number of hydrogen-bond donors (Lipinski definition) is 1. The van der Waals surface area contributed by atoms with Crippen molar-refractivity contribution in [3.05, 3.63) is 47.5 Å². The molecule has 1 fully saturated rings. The lowest BCUT2D eigenvalue weighted by Crippen LogP contribution is -2.42. The van der Waals surface area contributed by atoms with Crippen LogP contribution in [0.25, 0.3) is 0 Å². The van der Waals surface area contributed by atoms with Crippen LogP contribution in [0.4, 0.5) is 0 Å². The molecule has 0 saturated heterocycles. The monoisotopic (exact) mass is 387 g/mol. The minimum Gasteiger partial charge on any atom is -0.510 e. The minimum atomic E-state index is -0.423. The molecule has 0 bridgehead atoms. The zero-order chi connectivity index (χ0) is 20.2. The summed E-state index contributed by atoms with van der Waals surface area (Å²) in [7, 11) is 0. The first kappa shape index (κ1) is 22.5. The Morgan fingerprint density at radius 2 is 1.86 bits per heavy atom. The standard InChI is InChI=1S/C24H37NO3/c1-20(23-13-16-25-19-23)11-9-12-21(2)27-17-7-5-4-6-8-18-28-24(22(3)26)14-10-15-24/h11-13,16,26H,3-10,14-15,17-19H2,1-2H3/b20-11-,21-12+. The van der Waals surface area contributed by atoms with Gasteiger partial charge in [0.25, 0.3) is 0 Å². The van der Waals surface area contributed by atoms with Crippen molar-refractivity contribution in [3.8, 4) is 0 Å². The molecule has 1 N–H and O–H groups in total. The zero-order valence-corrected chi connectivity index (χ0v) is 17.7. The van der Waals surface area contributed by atoms with E-state index in [0.29, 0.717) is 6.61 Å². The Bertz CT molecular complexity index is 624. The molecule has 1 aliphatic carbocycles. The van der Waals surface area contributed by atoms with Crippen LogP contribution >= 0.6 is 0 Å². The number of ether oxygens (including phenoxy) is 2. The lowest BCUT2D eigenvalue weighted by Gasteiger charge is -2.40. The highest BCUT2D eigenvalue weighted by atomic mass is 16.5. The first-order valence-corrected chi connectivity index (χ1v) is 10.7. The number of rotatable bonds is 14. The Labute approximate surface area is 170 Å². The van der Waals surface area contributed by atoms with Crippen molar-refractivity contribution in [2.45, 2.75) is 77.2 Å². The van der Waals surface area contributed by atoms with Crippen LogP contribution < -0.4 is 0 Å². The van der Waals surface area contributed by atoms with Gasteiger partial charge < -0.3 is 14.6 Å². The Morgan fingerprint density at radius 3 is 2.46 bits per heavy atom. The van der Waals surface area contributed by atoms with E-state index in [1.54, 1.807) is 0 Å². The van der Waals surface area contributed by atoms with Crippen LogP contribution in [-0.2, 0) is 9.47 Å². The molecule has 4 nitrogen and oxygen atoms in total. The molecule has 156 valence electrons. The number of aliphatic imine (C=N–C) groups is 1. The number of allylic oxidation sites excluding steroid dienone is 4. The highest BCUT2D eigenvalue weighted by molar-refractivity contribution is 5.77. The molecule has 0 unspecified atom stereocenters. The molecule has 1 heterocycles. The fourth-order valence-corrected chi connectivity index (χ4v) is 3.44. The highest BCUT2D eigenvalue weighted by Gasteiger charge is 2.41. The maximum absolute atomic E-state index is 9.65. The second-order valence-electron chi connectivity index (χ2n) is 7.88. The molecule has 0 aromatic heterocycles. The SMILES string of the molecule is C=C(O)C1(OCCCCCCCO/C(C)=C/C/C=C(/C)C2=CC=NC2)CCC1. The maximum Gasteiger partial charge on any atom is 0.124 e. The summed E-state index contributed by atoms with van der Waals surface area (Å²) in [6, 6.07) is 0. The fourth-order valence-electron chi connectivity index (χ4n) is 3.44. The Kier molecular flexibility index (Phi) is 9.56. The number of hydrogen-bond acceptors (Lipinski definition) is 4. The van der Waals surface area contributed by atoms with E-state index in [2.05, 4.69) is 36.7 Å². The van der Waals surface area contributed by atoms with Gasteiger partial charge in [0.05, 0.1) is 18.9 Å². The summed E-state index contributed by atoms with van der Waals surface area (Å²) >= 11 is 0. The summed E-state index contributed by atoms with van der Waals surface area (Å²) in [5.74, 6) is 1.21. The highest BCUT2D eigenvalue weighted by Crippen LogP contribution is 2.40. The van der Waals surface area contributed by atoms with Gasteiger partial charge in [0, 0.05) is 12.8 Å². The van der Waals surface area contributed by atoms with Gasteiger partial charge in [0.15, 0.2) is 0 Å². The topological polar surface area (TPSA) is 51.0 Å². The molecule has 1 aliphatic heterocycles. The van der Waals surface area contributed by atoms with Crippen LogP contribution in [0.1, 0.15) is 71.6 Å². The third-order valence-corrected chi connectivity index (χ3v) is 5.66. The van der Waals surface area contributed by atoms with Crippen molar-refractivity contribution in [1.82, 2.24) is 0 Å². The van der Waals surface area contributed by atoms with E-state index in [4.69, 9.17) is 9.47 Å². The number of aliphatic hydroxyl groups excluding tert-OH is 1. The van der Waals surface area contributed by atoms with E-state index in [1.165, 1.54) is 24.0 Å². The van der Waals surface area contributed by atoms with Gasteiger partial charge >= 0.3 is 0 Å². The Balaban J connectivity index is 1.44. The van der Waals surface area contributed by atoms with Crippen molar-refractivity contribution in [2.24, 2.45) is 4.99 Å². The summed E-state index contributed by atoms with van der Waals surface area (Å²) in [6.07, 6.45) is 17.8. The van der Waals surface area contributed by atoms with E-state index in [-0.39, 0.29) is 5.76 Å². The van der Waals surface area contributed by atoms with E-state index in [9.17, 15) is 5.11 Å². The number of nitrogens with zero attached hydrogens (tertiary/aromatic N) is 1. The summed E-state index contributed by atoms with van der Waals surface area (Å²) in [6.45, 7) is 10.1. The quantitative estimate of drug-likeness (QED) is 0.284. The minimum absolute atomic E-state index is 0.203. The van der Waals surface area contributed by atoms with Gasteiger partial charge in [0.2, 0.25) is 0 Å². The van der Waals surface area contributed by atoms with Gasteiger partial charge in [0.1, 0.15) is 11.4 Å². The molecule has 4 heteroatoms. The average Bonchev–Trinajstić information content (AvgIpc) is 3.16. The van der Waals surface area contributed by atoms with Gasteiger partial charge in [-0.05, 0) is 75.7 Å². The molecular weight excluding hydrogens is 350 g/mol. The van der Waals surface area contributed by atoms with Gasteiger partial charge in [-0.2, -0.15) is 0 Å². The molecule has 0 amide bonds. The molecule has 0 aromatic carbocycles. The van der Waals surface area contributed by atoms with Gasteiger partial charge in [-0.1, -0.05) is 31.9 Å². The molecule has 28 heavy (non-hydrogen) atoms. The maximum atomic E-state index is 9.65. The van der Waals surface area contributed by atoms with Crippen LogP contribution in [-0.4, -0.2) is 36.7 Å². The first-order valence-electron chi connectivity index (χ1n) is 10.7. The third-order valence-electron chi connectivity index (χ3n) is 5.66. The van der Waals surface area contributed by atoms with E-state index in [0.717, 1.165) is 63.9 Å². The molecule has 2 aliphatic rings. The molecule has 1 saturated carbocycles. The van der Waals surface area contributed by atoms with Crippen molar-refractivity contribution >= 4 is 6.21 Å². The predicted molar refractivity (Wildman–Crippen MR) is 117 cm³/mol. The van der Waals surface area contributed by atoms with E-state index in [1.807, 2.05) is 13.1 Å². The number of aliphatic hydroxyl groups is 1. The lowest BCUT2D eigenvalue weighted by molar-refractivity contribution is -0.0950. The van der Waals surface area contributed by atoms with E-state index < -0.39 is 5.60 Å². The van der Waals surface area contributed by atoms with Crippen LogP contribution in [0, 0.1) is 0 Å². The van der Waals surface area contributed by atoms with Crippen molar-refractivity contribution in [2.75, 3.05) is 19.8 Å². The van der Waals surface area contributed by atoms with Crippen LogP contribution in [0.5, 0.6) is 0 Å². The molecular formula is C24H37NO3. The summed E-state index contributed by atoms with van der Waals surface area (Å²) in [4.78, 5) is 4.22. The second kappa shape index (κ2) is 11.9.